The van der Waals surface area contributed by atoms with Gasteiger partial charge in [0.2, 0.25) is 5.90 Å². The molecule has 5 heteroatoms. The first-order valence-electron chi connectivity index (χ1n) is 2.23. The van der Waals surface area contributed by atoms with Gasteiger partial charge in [-0.05, 0) is 6.08 Å². The van der Waals surface area contributed by atoms with E-state index in [1.807, 2.05) is 0 Å². The van der Waals surface area contributed by atoms with Crippen LogP contribution in [0.4, 0.5) is 0 Å². The Labute approximate surface area is 53.0 Å². The molecule has 0 saturated carbocycles. The van der Waals surface area contributed by atoms with Gasteiger partial charge in [0.25, 0.3) is 0 Å². The third-order valence-corrected chi connectivity index (χ3v) is 1.64. The van der Waals surface area contributed by atoms with Gasteiger partial charge in [-0.1, -0.05) is 6.58 Å². The van der Waals surface area contributed by atoms with Crippen molar-refractivity contribution in [2.24, 2.45) is 4.99 Å². The molecule has 1 aliphatic rings. The summed E-state index contributed by atoms with van der Waals surface area (Å²) >= 11 is 0. The second-order valence-electron chi connectivity index (χ2n) is 1.47. The van der Waals surface area contributed by atoms with Gasteiger partial charge in [0, 0.05) is 0 Å². The second-order valence-corrected chi connectivity index (χ2v) is 3.01. The lowest BCUT2D eigenvalue weighted by Crippen LogP contribution is -2.02. The summed E-state index contributed by atoms with van der Waals surface area (Å²) < 4.78 is 25.1. The molecule has 0 aromatic heterocycles. The van der Waals surface area contributed by atoms with Gasteiger partial charge in [-0.2, -0.15) is 8.42 Å². The van der Waals surface area contributed by atoms with Gasteiger partial charge in [0.1, 0.15) is 0 Å². The van der Waals surface area contributed by atoms with Gasteiger partial charge in [0.05, 0.1) is 0 Å². The van der Waals surface area contributed by atoms with Crippen LogP contribution in [-0.2, 0) is 14.3 Å². The Morgan fingerprint density at radius 1 is 1.78 bits per heavy atom. The van der Waals surface area contributed by atoms with Crippen LogP contribution in [-0.4, -0.2) is 20.2 Å². The zero-order valence-corrected chi connectivity index (χ0v) is 5.39. The van der Waals surface area contributed by atoms with Crippen LogP contribution in [0.1, 0.15) is 0 Å². The molecule has 0 atom stereocenters. The Balaban J connectivity index is 2.83. The first kappa shape index (κ1) is 6.28. The topological polar surface area (TPSA) is 55.7 Å². The van der Waals surface area contributed by atoms with Gasteiger partial charge in [-0.3, -0.25) is 0 Å². The molecule has 0 aromatic carbocycles. The summed E-state index contributed by atoms with van der Waals surface area (Å²) in [6.45, 7) is 3.29. The highest BCUT2D eigenvalue weighted by Gasteiger charge is 2.19. The van der Waals surface area contributed by atoms with Crippen molar-refractivity contribution >= 4 is 16.0 Å². The van der Waals surface area contributed by atoms with Gasteiger partial charge in [-0.15, -0.1) is 0 Å². The Hall–Kier alpha value is -0.840. The quantitative estimate of drug-likeness (QED) is 0.486. The van der Waals surface area contributed by atoms with Crippen LogP contribution in [0, 0.1) is 0 Å². The summed E-state index contributed by atoms with van der Waals surface area (Å²) in [4.78, 5) is 3.50. The molecule has 0 N–H and O–H groups in total. The summed E-state index contributed by atoms with van der Waals surface area (Å²) in [5.74, 6) is -0.205. The molecule has 0 aromatic rings. The number of hydrogen-bond donors (Lipinski definition) is 0. The summed E-state index contributed by atoms with van der Waals surface area (Å²) in [5, 5.41) is 0. The van der Waals surface area contributed by atoms with E-state index in [0.29, 0.717) is 0 Å². The van der Waals surface area contributed by atoms with Crippen LogP contribution in [0.5, 0.6) is 0 Å². The van der Waals surface area contributed by atoms with Crippen LogP contribution >= 0.6 is 0 Å². The number of aliphatic imine (C=N–C) groups is 1. The standard InChI is InChI=1S/C4H5NO3S/c1-2-4-5-3-9(6,7)8-4/h2H,1,3H2. The van der Waals surface area contributed by atoms with E-state index in [9.17, 15) is 8.42 Å². The zero-order chi connectivity index (χ0) is 6.91. The van der Waals surface area contributed by atoms with Crippen LogP contribution in [0.3, 0.4) is 0 Å². The Kier molecular flexibility index (Phi) is 1.28. The second kappa shape index (κ2) is 1.84. The van der Waals surface area contributed by atoms with E-state index in [1.54, 1.807) is 0 Å². The maximum absolute atomic E-state index is 10.4. The van der Waals surface area contributed by atoms with E-state index in [-0.39, 0.29) is 11.8 Å². The van der Waals surface area contributed by atoms with Crippen molar-refractivity contribution in [2.75, 3.05) is 5.88 Å². The minimum Gasteiger partial charge on any atom is -0.361 e. The number of nitrogens with zero attached hydrogens (tertiary/aromatic N) is 1. The largest absolute Gasteiger partial charge is 0.361 e. The molecule has 0 amide bonds. The monoisotopic (exact) mass is 147 g/mol. The molecule has 0 fully saturated rings. The highest BCUT2D eigenvalue weighted by Crippen LogP contribution is 2.04. The molecule has 0 radical (unpaired) electrons. The molecule has 0 saturated heterocycles. The van der Waals surface area contributed by atoms with Crippen molar-refractivity contribution < 1.29 is 12.6 Å². The number of hydrogen-bond acceptors (Lipinski definition) is 4. The molecule has 1 rings (SSSR count). The Morgan fingerprint density at radius 2 is 2.44 bits per heavy atom. The SMILES string of the molecule is C=CC1=NCS(=O)(=O)O1. The molecule has 4 nitrogen and oxygen atoms in total. The molecule has 0 spiro atoms. The molecular formula is C4H5NO3S. The molecular weight excluding hydrogens is 142 g/mol. The third kappa shape index (κ3) is 1.29. The minimum absolute atomic E-state index is 0.0787. The molecule has 0 bridgehead atoms. The van der Waals surface area contributed by atoms with Crippen molar-refractivity contribution in [2.45, 2.75) is 0 Å². The Morgan fingerprint density at radius 3 is 2.67 bits per heavy atom. The maximum atomic E-state index is 10.4. The highest BCUT2D eigenvalue weighted by molar-refractivity contribution is 7.87. The van der Waals surface area contributed by atoms with Crippen molar-refractivity contribution in [1.82, 2.24) is 0 Å². The molecule has 0 unspecified atom stereocenters. The molecule has 1 aliphatic heterocycles. The first-order valence-corrected chi connectivity index (χ1v) is 3.81. The van der Waals surface area contributed by atoms with Crippen molar-refractivity contribution in [3.05, 3.63) is 12.7 Å². The molecule has 1 heterocycles. The van der Waals surface area contributed by atoms with Gasteiger partial charge in [-0.25, -0.2) is 4.99 Å². The predicted octanol–water partition coefficient (Wildman–Crippen LogP) is -0.112. The van der Waals surface area contributed by atoms with E-state index in [1.165, 1.54) is 6.08 Å². The molecule has 9 heavy (non-hydrogen) atoms. The van der Waals surface area contributed by atoms with Crippen molar-refractivity contribution in [3.8, 4) is 0 Å². The lowest BCUT2D eigenvalue weighted by atomic mass is 10.6. The summed E-state index contributed by atoms with van der Waals surface area (Å²) in [6.07, 6.45) is 1.25. The van der Waals surface area contributed by atoms with E-state index < -0.39 is 10.1 Å². The lowest BCUT2D eigenvalue weighted by molar-refractivity contribution is 0.498. The van der Waals surface area contributed by atoms with Gasteiger partial charge in [0.15, 0.2) is 5.88 Å². The van der Waals surface area contributed by atoms with Crippen LogP contribution < -0.4 is 0 Å². The Bertz CT molecular complexity index is 251. The van der Waals surface area contributed by atoms with Crippen molar-refractivity contribution in [1.29, 1.82) is 0 Å². The predicted molar refractivity (Wildman–Crippen MR) is 32.5 cm³/mol. The lowest BCUT2D eigenvalue weighted by Gasteiger charge is -1.89. The minimum atomic E-state index is -3.38. The van der Waals surface area contributed by atoms with Crippen LogP contribution in [0.2, 0.25) is 0 Å². The fourth-order valence-corrected chi connectivity index (χ4v) is 1.14. The van der Waals surface area contributed by atoms with Gasteiger partial charge >= 0.3 is 10.1 Å². The maximum Gasteiger partial charge on any atom is 0.331 e. The fraction of sp³-hybridized carbons (Fsp3) is 0.250. The van der Waals surface area contributed by atoms with E-state index >= 15 is 0 Å². The van der Waals surface area contributed by atoms with E-state index in [0.717, 1.165) is 0 Å². The average Bonchev–Trinajstić information content (AvgIpc) is 2.10. The number of rotatable bonds is 1. The smallest absolute Gasteiger partial charge is 0.331 e. The van der Waals surface area contributed by atoms with E-state index in [2.05, 4.69) is 15.8 Å². The van der Waals surface area contributed by atoms with Crippen molar-refractivity contribution in [3.63, 3.8) is 0 Å². The van der Waals surface area contributed by atoms with Crippen LogP contribution in [0.15, 0.2) is 17.6 Å². The molecule has 0 aliphatic carbocycles. The normalized spacial score (nSPS) is 22.4. The van der Waals surface area contributed by atoms with Crippen LogP contribution in [0.25, 0.3) is 0 Å². The summed E-state index contributed by atoms with van der Waals surface area (Å²) in [6, 6.07) is 0. The summed E-state index contributed by atoms with van der Waals surface area (Å²) in [5.41, 5.74) is 0. The van der Waals surface area contributed by atoms with E-state index in [4.69, 9.17) is 0 Å². The molecule has 50 valence electrons. The highest BCUT2D eigenvalue weighted by atomic mass is 32.2. The third-order valence-electron chi connectivity index (χ3n) is 0.765. The summed E-state index contributed by atoms with van der Waals surface area (Å²) in [7, 11) is -3.38. The van der Waals surface area contributed by atoms with Gasteiger partial charge < -0.3 is 4.18 Å². The fourth-order valence-electron chi connectivity index (χ4n) is 0.424. The first-order chi connectivity index (χ1) is 4.14. The zero-order valence-electron chi connectivity index (χ0n) is 4.57. The average molecular weight is 147 g/mol.